The van der Waals surface area contributed by atoms with Gasteiger partial charge in [0.25, 0.3) is 5.91 Å². The fourth-order valence-corrected chi connectivity index (χ4v) is 3.82. The number of alkyl halides is 3. The summed E-state index contributed by atoms with van der Waals surface area (Å²) < 4.78 is 40.8. The molecule has 9 heteroatoms. The van der Waals surface area contributed by atoms with E-state index in [1.165, 1.54) is 23.5 Å². The molecule has 136 valence electrons. The molecule has 0 saturated heterocycles. The molecule has 0 fully saturated rings. The van der Waals surface area contributed by atoms with Crippen LogP contribution < -0.4 is 10.1 Å². The highest BCUT2D eigenvalue weighted by Gasteiger charge is 2.31. The molecule has 0 bridgehead atoms. The van der Waals surface area contributed by atoms with Crippen LogP contribution in [-0.2, 0) is 0 Å². The Bertz CT molecular complexity index is 999. The summed E-state index contributed by atoms with van der Waals surface area (Å²) in [5.41, 5.74) is 1.72. The number of benzene rings is 1. The van der Waals surface area contributed by atoms with Crippen molar-refractivity contribution in [3.8, 4) is 5.75 Å². The topological polar surface area (TPSA) is 64.1 Å². The highest BCUT2D eigenvalue weighted by Crippen LogP contribution is 2.32. The van der Waals surface area contributed by atoms with Gasteiger partial charge in [0, 0.05) is 22.8 Å². The van der Waals surface area contributed by atoms with Gasteiger partial charge in [0.05, 0.1) is 4.88 Å². The number of rotatable bonds is 3. The van der Waals surface area contributed by atoms with E-state index in [2.05, 4.69) is 20.0 Å². The van der Waals surface area contributed by atoms with E-state index < -0.39 is 18.0 Å². The Labute approximate surface area is 150 Å². The third kappa shape index (κ3) is 3.77. The van der Waals surface area contributed by atoms with Crippen molar-refractivity contribution in [3.05, 3.63) is 46.2 Å². The van der Waals surface area contributed by atoms with Gasteiger partial charge in [0.1, 0.15) is 16.4 Å². The highest BCUT2D eigenvalue weighted by molar-refractivity contribution is 7.20. The Morgan fingerprint density at radius 2 is 1.92 bits per heavy atom. The summed E-state index contributed by atoms with van der Waals surface area (Å²) in [6.45, 7) is 5.41. The molecule has 2 aromatic heterocycles. The van der Waals surface area contributed by atoms with Crippen molar-refractivity contribution < 1.29 is 22.7 Å². The molecule has 0 aliphatic carbocycles. The molecule has 3 aromatic rings. The molecular formula is C17H14F3N3O2S. The average Bonchev–Trinajstić information content (AvgIpc) is 2.82. The number of fused-ring (bicyclic) bond motifs is 1. The number of carbonyl (C=O) groups is 1. The van der Waals surface area contributed by atoms with Crippen molar-refractivity contribution in [3.63, 3.8) is 0 Å². The van der Waals surface area contributed by atoms with Crippen LogP contribution in [0.15, 0.2) is 24.3 Å². The summed E-state index contributed by atoms with van der Waals surface area (Å²) >= 11 is 1.22. The van der Waals surface area contributed by atoms with Crippen LogP contribution in [0.3, 0.4) is 0 Å². The van der Waals surface area contributed by atoms with Gasteiger partial charge in [-0.1, -0.05) is 6.07 Å². The van der Waals surface area contributed by atoms with Crippen LogP contribution in [-0.4, -0.2) is 22.2 Å². The number of anilines is 1. The Balaban J connectivity index is 1.89. The molecule has 0 atom stereocenters. The second kappa shape index (κ2) is 6.56. The van der Waals surface area contributed by atoms with Crippen molar-refractivity contribution in [1.82, 2.24) is 9.97 Å². The Kier molecular flexibility index (Phi) is 4.57. The molecule has 1 aromatic carbocycles. The molecule has 0 spiro atoms. The van der Waals surface area contributed by atoms with E-state index in [4.69, 9.17) is 0 Å². The SMILES string of the molecule is Cc1nc(C)c2c(C)c(C(=O)Nc3cccc(OC(F)(F)F)c3)sc2n1. The minimum Gasteiger partial charge on any atom is -0.406 e. The maximum absolute atomic E-state index is 12.6. The molecular weight excluding hydrogens is 367 g/mol. The summed E-state index contributed by atoms with van der Waals surface area (Å²) in [5, 5.41) is 3.42. The first-order valence-corrected chi connectivity index (χ1v) is 8.37. The molecule has 1 N–H and O–H groups in total. The number of nitrogens with zero attached hydrogens (tertiary/aromatic N) is 2. The van der Waals surface area contributed by atoms with Gasteiger partial charge in [0.2, 0.25) is 0 Å². The van der Waals surface area contributed by atoms with Gasteiger partial charge in [-0.2, -0.15) is 0 Å². The lowest BCUT2D eigenvalue weighted by atomic mass is 10.1. The molecule has 0 saturated carbocycles. The molecule has 0 aliphatic rings. The maximum atomic E-state index is 12.6. The van der Waals surface area contributed by atoms with Crippen LogP contribution in [0.4, 0.5) is 18.9 Å². The summed E-state index contributed by atoms with van der Waals surface area (Å²) in [4.78, 5) is 22.4. The maximum Gasteiger partial charge on any atom is 0.573 e. The number of hydrogen-bond donors (Lipinski definition) is 1. The number of thiophene rings is 1. The van der Waals surface area contributed by atoms with E-state index >= 15 is 0 Å². The zero-order valence-electron chi connectivity index (χ0n) is 14.1. The molecule has 26 heavy (non-hydrogen) atoms. The lowest BCUT2D eigenvalue weighted by Gasteiger charge is -2.10. The Morgan fingerprint density at radius 3 is 2.62 bits per heavy atom. The molecule has 0 radical (unpaired) electrons. The van der Waals surface area contributed by atoms with E-state index in [0.29, 0.717) is 15.5 Å². The van der Waals surface area contributed by atoms with Gasteiger partial charge in [0.15, 0.2) is 0 Å². The van der Waals surface area contributed by atoms with Gasteiger partial charge in [-0.05, 0) is 38.5 Å². The Hall–Kier alpha value is -2.68. The van der Waals surface area contributed by atoms with E-state index in [1.54, 1.807) is 13.8 Å². The standard InChI is InChI=1S/C17H14F3N3O2S/c1-8-13-9(2)21-10(3)22-16(13)26-14(8)15(24)23-11-5-4-6-12(7-11)25-17(18,19)20/h4-7H,1-3H3,(H,23,24). The third-order valence-corrected chi connectivity index (χ3v) is 4.80. The van der Waals surface area contributed by atoms with Gasteiger partial charge >= 0.3 is 6.36 Å². The van der Waals surface area contributed by atoms with E-state index in [1.807, 2.05) is 6.92 Å². The molecule has 3 rings (SSSR count). The van der Waals surface area contributed by atoms with Crippen LogP contribution in [0.5, 0.6) is 5.75 Å². The van der Waals surface area contributed by atoms with E-state index in [-0.39, 0.29) is 5.69 Å². The number of amides is 1. The summed E-state index contributed by atoms with van der Waals surface area (Å²) in [7, 11) is 0. The monoisotopic (exact) mass is 381 g/mol. The number of nitrogens with one attached hydrogen (secondary N) is 1. The van der Waals surface area contributed by atoms with Crippen LogP contribution >= 0.6 is 11.3 Å². The molecule has 0 unspecified atom stereocenters. The average molecular weight is 381 g/mol. The molecule has 2 heterocycles. The van der Waals surface area contributed by atoms with Crippen molar-refractivity contribution in [1.29, 1.82) is 0 Å². The number of hydrogen-bond acceptors (Lipinski definition) is 5. The zero-order valence-corrected chi connectivity index (χ0v) is 14.9. The number of aromatic nitrogens is 2. The predicted molar refractivity (Wildman–Crippen MR) is 92.7 cm³/mol. The fraction of sp³-hybridized carbons (Fsp3) is 0.235. The van der Waals surface area contributed by atoms with Crippen molar-refractivity contribution in [2.45, 2.75) is 27.1 Å². The zero-order chi connectivity index (χ0) is 19.1. The van der Waals surface area contributed by atoms with E-state index in [0.717, 1.165) is 28.8 Å². The largest absolute Gasteiger partial charge is 0.573 e. The predicted octanol–water partition coefficient (Wildman–Crippen LogP) is 4.77. The first-order valence-electron chi connectivity index (χ1n) is 7.55. The lowest BCUT2D eigenvalue weighted by molar-refractivity contribution is -0.274. The Morgan fingerprint density at radius 1 is 1.19 bits per heavy atom. The number of halogens is 3. The number of carbonyl (C=O) groups excluding carboxylic acids is 1. The van der Waals surface area contributed by atoms with Gasteiger partial charge in [-0.25, -0.2) is 9.97 Å². The van der Waals surface area contributed by atoms with Crippen LogP contribution in [0.2, 0.25) is 0 Å². The minimum atomic E-state index is -4.79. The van der Waals surface area contributed by atoms with Crippen molar-refractivity contribution >= 4 is 33.1 Å². The summed E-state index contributed by atoms with van der Waals surface area (Å²) in [5.74, 6) is -0.215. The molecule has 5 nitrogen and oxygen atoms in total. The quantitative estimate of drug-likeness (QED) is 0.710. The van der Waals surface area contributed by atoms with E-state index in [9.17, 15) is 18.0 Å². The summed E-state index contributed by atoms with van der Waals surface area (Å²) in [6.07, 6.45) is -4.79. The van der Waals surface area contributed by atoms with Gasteiger partial charge in [-0.15, -0.1) is 24.5 Å². The smallest absolute Gasteiger partial charge is 0.406 e. The second-order valence-corrected chi connectivity index (χ2v) is 6.62. The second-order valence-electron chi connectivity index (χ2n) is 5.62. The molecule has 1 amide bonds. The van der Waals surface area contributed by atoms with Crippen molar-refractivity contribution in [2.24, 2.45) is 0 Å². The van der Waals surface area contributed by atoms with Crippen molar-refractivity contribution in [2.75, 3.05) is 5.32 Å². The molecule has 0 aliphatic heterocycles. The number of aryl methyl sites for hydroxylation is 3. The lowest BCUT2D eigenvalue weighted by Crippen LogP contribution is -2.17. The highest BCUT2D eigenvalue weighted by atomic mass is 32.1. The van der Waals surface area contributed by atoms with Crippen LogP contribution in [0.25, 0.3) is 10.2 Å². The first-order chi connectivity index (χ1) is 12.1. The first kappa shape index (κ1) is 18.1. The third-order valence-electron chi connectivity index (χ3n) is 3.61. The summed E-state index contributed by atoms with van der Waals surface area (Å²) in [6, 6.07) is 5.13. The minimum absolute atomic E-state index is 0.201. The number of ether oxygens (including phenoxy) is 1. The normalized spacial score (nSPS) is 11.6. The van der Waals surface area contributed by atoms with Crippen LogP contribution in [0.1, 0.15) is 26.8 Å². The van der Waals surface area contributed by atoms with Gasteiger partial charge < -0.3 is 10.1 Å². The van der Waals surface area contributed by atoms with Gasteiger partial charge in [-0.3, -0.25) is 4.79 Å². The fourth-order valence-electron chi connectivity index (χ4n) is 2.65. The van der Waals surface area contributed by atoms with Crippen LogP contribution in [0, 0.1) is 20.8 Å².